The van der Waals surface area contributed by atoms with E-state index in [1.165, 1.54) is 0 Å². The van der Waals surface area contributed by atoms with Gasteiger partial charge in [0.15, 0.2) is 6.19 Å². The Morgan fingerprint density at radius 2 is 1.83 bits per heavy atom. The lowest BCUT2D eigenvalue weighted by atomic mass is 9.84. The number of benzene rings is 1. The second-order valence-corrected chi connectivity index (χ2v) is 8.72. The molecule has 3 fully saturated rings. The Bertz CT molecular complexity index is 827. The molecule has 30 heavy (non-hydrogen) atoms. The van der Waals surface area contributed by atoms with Gasteiger partial charge in [-0.05, 0) is 55.4 Å². The van der Waals surface area contributed by atoms with Gasteiger partial charge in [0.2, 0.25) is 5.96 Å². The van der Waals surface area contributed by atoms with Gasteiger partial charge in [-0.3, -0.25) is 10.3 Å². The van der Waals surface area contributed by atoms with Crippen LogP contribution >= 0.6 is 0 Å². The van der Waals surface area contributed by atoms with Crippen LogP contribution in [-0.4, -0.2) is 77.2 Å². The number of nitrogens with zero attached hydrogens (tertiary/aromatic N) is 5. The highest BCUT2D eigenvalue weighted by molar-refractivity contribution is 5.79. The molecule has 0 aromatic heterocycles. The Labute approximate surface area is 177 Å². The van der Waals surface area contributed by atoms with Crippen LogP contribution < -0.4 is 4.74 Å². The Balaban J connectivity index is 1.24. The minimum absolute atomic E-state index is 0.215. The summed E-state index contributed by atoms with van der Waals surface area (Å²) in [7, 11) is 0. The minimum Gasteiger partial charge on any atom is -0.491 e. The lowest BCUT2D eigenvalue weighted by Crippen LogP contribution is -2.57. The fraction of sp³-hybridized carbons (Fsp3) is 0.591. The summed E-state index contributed by atoms with van der Waals surface area (Å²) in [6.45, 7) is 4.16. The smallest absolute Gasteiger partial charge is 0.207 e. The predicted octanol–water partition coefficient (Wildman–Crippen LogP) is 1.43. The van der Waals surface area contributed by atoms with E-state index in [9.17, 15) is 10.4 Å². The zero-order chi connectivity index (χ0) is 21.1. The molecule has 3 aliphatic rings. The number of likely N-dealkylation sites (tertiary alicyclic amines) is 2. The molecule has 1 aromatic rings. The van der Waals surface area contributed by atoms with Crippen LogP contribution in [0.4, 0.5) is 0 Å². The molecule has 1 aromatic carbocycles. The molecular weight excluding hydrogens is 380 g/mol. The van der Waals surface area contributed by atoms with E-state index in [1.54, 1.807) is 29.2 Å². The van der Waals surface area contributed by atoms with Gasteiger partial charge in [0, 0.05) is 38.8 Å². The highest BCUT2D eigenvalue weighted by atomic mass is 16.5. The van der Waals surface area contributed by atoms with Gasteiger partial charge in [0.1, 0.15) is 18.5 Å². The summed E-state index contributed by atoms with van der Waals surface area (Å²) in [5.74, 6) is 1.91. The molecule has 1 aliphatic carbocycles. The molecule has 8 nitrogen and oxygen atoms in total. The van der Waals surface area contributed by atoms with Gasteiger partial charge in [-0.25, -0.2) is 4.90 Å². The number of rotatable bonds is 6. The third-order valence-corrected chi connectivity index (χ3v) is 6.10. The van der Waals surface area contributed by atoms with Crippen LogP contribution in [0.25, 0.3) is 0 Å². The van der Waals surface area contributed by atoms with Crippen LogP contribution in [0.1, 0.15) is 24.8 Å². The fourth-order valence-electron chi connectivity index (χ4n) is 4.67. The van der Waals surface area contributed by atoms with Crippen LogP contribution in [-0.2, 0) is 0 Å². The van der Waals surface area contributed by atoms with Gasteiger partial charge in [-0.2, -0.15) is 10.5 Å². The van der Waals surface area contributed by atoms with Crippen molar-refractivity contribution < 1.29 is 9.84 Å². The van der Waals surface area contributed by atoms with Crippen molar-refractivity contribution in [2.24, 2.45) is 11.8 Å². The van der Waals surface area contributed by atoms with E-state index in [0.29, 0.717) is 35.7 Å². The van der Waals surface area contributed by atoms with E-state index < -0.39 is 6.10 Å². The van der Waals surface area contributed by atoms with E-state index in [2.05, 4.69) is 22.1 Å². The molecule has 3 unspecified atom stereocenters. The largest absolute Gasteiger partial charge is 0.491 e. The summed E-state index contributed by atoms with van der Waals surface area (Å²) in [6, 6.07) is 9.19. The molecule has 8 heteroatoms. The van der Waals surface area contributed by atoms with Crippen LogP contribution in [0, 0.1) is 40.0 Å². The number of hydrogen-bond donors (Lipinski definition) is 2. The molecule has 3 atom stereocenters. The number of fused-ring (bicyclic) bond motifs is 2. The second-order valence-electron chi connectivity index (χ2n) is 8.72. The first-order valence-corrected chi connectivity index (χ1v) is 10.6. The van der Waals surface area contributed by atoms with Crippen LogP contribution in [0.2, 0.25) is 0 Å². The number of piperidine rings is 2. The molecule has 158 valence electrons. The number of nitrogens with one attached hydrogen (secondary N) is 1. The molecule has 0 radical (unpaired) electrons. The fourth-order valence-corrected chi connectivity index (χ4v) is 4.67. The number of nitriles is 2. The third kappa shape index (κ3) is 4.84. The predicted molar refractivity (Wildman–Crippen MR) is 110 cm³/mol. The summed E-state index contributed by atoms with van der Waals surface area (Å²) in [5, 5.41) is 37.1. The first kappa shape index (κ1) is 20.5. The van der Waals surface area contributed by atoms with E-state index in [1.807, 2.05) is 0 Å². The molecule has 4 rings (SSSR count). The first-order chi connectivity index (χ1) is 14.6. The average molecular weight is 409 g/mol. The Kier molecular flexibility index (Phi) is 6.08. The van der Waals surface area contributed by atoms with Crippen molar-refractivity contribution in [1.29, 1.82) is 15.9 Å². The number of aliphatic hydroxyl groups excluding tert-OH is 1. The van der Waals surface area contributed by atoms with Gasteiger partial charge in [-0.15, -0.1) is 0 Å². The number of ether oxygens (including phenoxy) is 1. The van der Waals surface area contributed by atoms with Gasteiger partial charge in [0.05, 0.1) is 11.6 Å². The van der Waals surface area contributed by atoms with Gasteiger partial charge in [0.25, 0.3) is 0 Å². The van der Waals surface area contributed by atoms with Crippen LogP contribution in [0.15, 0.2) is 24.3 Å². The van der Waals surface area contributed by atoms with E-state index in [0.717, 1.165) is 45.4 Å². The first-order valence-electron chi connectivity index (χ1n) is 10.6. The maximum Gasteiger partial charge on any atom is 0.207 e. The van der Waals surface area contributed by atoms with Crippen LogP contribution in [0.3, 0.4) is 0 Å². The molecular formula is C22H28N6O2. The summed E-state index contributed by atoms with van der Waals surface area (Å²) in [5.41, 5.74) is 0.583. The Morgan fingerprint density at radius 3 is 2.40 bits per heavy atom. The standard InChI is InChI=1S/C22H28N6O2/c23-8-16-1-5-21(6-2-16)30-14-20(29)13-26-9-17-7-18(10-26)12-27(11-17)22(25)28(15-24)19-3-4-19/h1-2,5-6,17-20,25,29H,3-4,7,9-14H2. The lowest BCUT2D eigenvalue weighted by Gasteiger charge is -2.47. The van der Waals surface area contributed by atoms with Crippen molar-refractivity contribution in [3.8, 4) is 18.0 Å². The summed E-state index contributed by atoms with van der Waals surface area (Å²) < 4.78 is 5.66. The normalized spacial score (nSPS) is 24.4. The molecule has 0 spiro atoms. The molecule has 2 N–H and O–H groups in total. The lowest BCUT2D eigenvalue weighted by molar-refractivity contribution is 0.0127. The quantitative estimate of drug-likeness (QED) is 0.317. The van der Waals surface area contributed by atoms with Gasteiger partial charge < -0.3 is 14.7 Å². The molecule has 0 amide bonds. The van der Waals surface area contributed by atoms with E-state index >= 15 is 0 Å². The molecule has 1 saturated carbocycles. The van der Waals surface area contributed by atoms with Gasteiger partial charge >= 0.3 is 0 Å². The average Bonchev–Trinajstić information content (AvgIpc) is 3.57. The summed E-state index contributed by atoms with van der Waals surface area (Å²) in [4.78, 5) is 5.95. The highest BCUT2D eigenvalue weighted by Gasteiger charge is 2.39. The minimum atomic E-state index is -0.585. The monoisotopic (exact) mass is 408 g/mol. The number of β-amino-alcohol motifs (C(OH)–C–C–N with tert-alkyl or cyclic N) is 1. The van der Waals surface area contributed by atoms with Crippen molar-refractivity contribution in [1.82, 2.24) is 14.7 Å². The number of aliphatic hydroxyl groups is 1. The maximum absolute atomic E-state index is 10.4. The van der Waals surface area contributed by atoms with Crippen molar-refractivity contribution >= 4 is 5.96 Å². The Morgan fingerprint density at radius 1 is 1.17 bits per heavy atom. The van der Waals surface area contributed by atoms with Gasteiger partial charge in [-0.1, -0.05) is 0 Å². The molecule has 2 aliphatic heterocycles. The van der Waals surface area contributed by atoms with Crippen molar-refractivity contribution in [3.63, 3.8) is 0 Å². The molecule has 2 heterocycles. The maximum atomic E-state index is 10.4. The zero-order valence-electron chi connectivity index (χ0n) is 17.1. The van der Waals surface area contributed by atoms with Crippen LogP contribution in [0.5, 0.6) is 5.75 Å². The Hall–Kier alpha value is -2.81. The topological polar surface area (TPSA) is 111 Å². The summed E-state index contributed by atoms with van der Waals surface area (Å²) >= 11 is 0. The van der Waals surface area contributed by atoms with Crippen molar-refractivity contribution in [2.75, 3.05) is 39.3 Å². The third-order valence-electron chi connectivity index (χ3n) is 6.10. The number of hydrogen-bond acceptors (Lipinski definition) is 6. The van der Waals surface area contributed by atoms with E-state index in [4.69, 9.17) is 15.4 Å². The highest BCUT2D eigenvalue weighted by Crippen LogP contribution is 2.31. The zero-order valence-corrected chi connectivity index (χ0v) is 17.1. The summed E-state index contributed by atoms with van der Waals surface area (Å²) in [6.07, 6.45) is 4.76. The number of guanidine groups is 1. The van der Waals surface area contributed by atoms with Crippen molar-refractivity contribution in [2.45, 2.75) is 31.4 Å². The molecule has 2 bridgehead atoms. The molecule has 2 saturated heterocycles. The second kappa shape index (κ2) is 8.91. The SMILES string of the molecule is N#Cc1ccc(OCC(O)CN2CC3CC(C2)CN(C(=N)N(C#N)C2CC2)C3)cc1. The van der Waals surface area contributed by atoms with Crippen molar-refractivity contribution in [3.05, 3.63) is 29.8 Å². The van der Waals surface area contributed by atoms with E-state index in [-0.39, 0.29) is 12.6 Å².